The molecule has 0 aromatic carbocycles. The van der Waals surface area contributed by atoms with Gasteiger partial charge in [0.05, 0.1) is 0 Å². The van der Waals surface area contributed by atoms with Gasteiger partial charge in [-0.15, -0.1) is 0 Å². The van der Waals surface area contributed by atoms with E-state index in [0.717, 1.165) is 12.5 Å². The number of likely N-dealkylation sites (tertiary alicyclic amines) is 1. The van der Waals surface area contributed by atoms with Gasteiger partial charge in [-0.3, -0.25) is 4.90 Å². The van der Waals surface area contributed by atoms with Crippen molar-refractivity contribution >= 4 is 0 Å². The van der Waals surface area contributed by atoms with E-state index < -0.39 is 0 Å². The van der Waals surface area contributed by atoms with Crippen LogP contribution < -0.4 is 5.73 Å². The molecule has 0 aromatic heterocycles. The third-order valence-electron chi connectivity index (χ3n) is 5.06. The Hall–Kier alpha value is -0.0800. The van der Waals surface area contributed by atoms with Crippen molar-refractivity contribution in [2.75, 3.05) is 19.6 Å². The van der Waals surface area contributed by atoms with Crippen LogP contribution in [0.15, 0.2) is 0 Å². The van der Waals surface area contributed by atoms with Gasteiger partial charge in [0.1, 0.15) is 0 Å². The molecular weight excluding hydrogens is 208 g/mol. The first kappa shape index (κ1) is 13.4. The quantitative estimate of drug-likeness (QED) is 0.819. The van der Waals surface area contributed by atoms with Crippen LogP contribution in [0, 0.1) is 11.3 Å². The monoisotopic (exact) mass is 238 g/mol. The van der Waals surface area contributed by atoms with E-state index in [2.05, 4.69) is 18.7 Å². The second-order valence-electron chi connectivity index (χ2n) is 6.90. The lowest BCUT2D eigenvalue weighted by atomic mass is 9.79. The first-order valence-electron chi connectivity index (χ1n) is 7.56. The molecule has 1 atom stereocenters. The van der Waals surface area contributed by atoms with E-state index in [4.69, 9.17) is 5.73 Å². The van der Waals surface area contributed by atoms with Crippen molar-refractivity contribution in [2.45, 2.75) is 64.8 Å². The largest absolute Gasteiger partial charge is 0.329 e. The minimum atomic E-state index is 0.558. The van der Waals surface area contributed by atoms with Gasteiger partial charge in [-0.05, 0) is 50.1 Å². The summed E-state index contributed by atoms with van der Waals surface area (Å²) >= 11 is 0. The lowest BCUT2D eigenvalue weighted by Gasteiger charge is -2.44. The van der Waals surface area contributed by atoms with Crippen LogP contribution >= 0.6 is 0 Å². The molecule has 0 spiro atoms. The molecule has 17 heavy (non-hydrogen) atoms. The van der Waals surface area contributed by atoms with E-state index in [-0.39, 0.29) is 0 Å². The fraction of sp³-hybridized carbons (Fsp3) is 1.00. The van der Waals surface area contributed by atoms with Crippen LogP contribution in [-0.4, -0.2) is 30.6 Å². The normalized spacial score (nSPS) is 29.1. The maximum atomic E-state index is 6.06. The summed E-state index contributed by atoms with van der Waals surface area (Å²) in [5.74, 6) is 0.884. The van der Waals surface area contributed by atoms with E-state index in [1.165, 1.54) is 58.0 Å². The minimum absolute atomic E-state index is 0.558. The Morgan fingerprint density at radius 3 is 2.24 bits per heavy atom. The average molecular weight is 238 g/mol. The molecule has 0 radical (unpaired) electrons. The van der Waals surface area contributed by atoms with Gasteiger partial charge in [0.2, 0.25) is 0 Å². The fourth-order valence-electron chi connectivity index (χ4n) is 3.62. The third-order valence-corrected chi connectivity index (χ3v) is 5.06. The summed E-state index contributed by atoms with van der Waals surface area (Å²) in [4.78, 5) is 2.70. The van der Waals surface area contributed by atoms with E-state index in [1.807, 2.05) is 0 Å². The highest BCUT2D eigenvalue weighted by Gasteiger charge is 2.32. The Morgan fingerprint density at radius 2 is 1.71 bits per heavy atom. The molecule has 2 fully saturated rings. The summed E-state index contributed by atoms with van der Waals surface area (Å²) in [5.41, 5.74) is 6.62. The minimum Gasteiger partial charge on any atom is -0.329 e. The first-order chi connectivity index (χ1) is 8.12. The molecule has 0 aromatic rings. The van der Waals surface area contributed by atoms with Crippen molar-refractivity contribution in [1.29, 1.82) is 0 Å². The van der Waals surface area contributed by atoms with E-state index in [0.29, 0.717) is 11.5 Å². The molecule has 2 aliphatic rings. The molecule has 1 aliphatic heterocycles. The number of hydrogen-bond acceptors (Lipinski definition) is 2. The highest BCUT2D eigenvalue weighted by molar-refractivity contribution is 4.87. The number of piperidine rings is 1. The lowest BCUT2D eigenvalue weighted by molar-refractivity contribution is 0.0591. The van der Waals surface area contributed by atoms with Crippen LogP contribution in [0.1, 0.15) is 58.8 Å². The third kappa shape index (κ3) is 3.45. The highest BCUT2D eigenvalue weighted by atomic mass is 15.2. The molecule has 0 bridgehead atoms. The van der Waals surface area contributed by atoms with Crippen molar-refractivity contribution in [1.82, 2.24) is 4.90 Å². The number of nitrogens with two attached hydrogens (primary N) is 1. The Kier molecular flexibility index (Phi) is 4.48. The predicted octanol–water partition coefficient (Wildman–Crippen LogP) is 3.02. The molecule has 1 unspecified atom stereocenters. The Bertz CT molecular complexity index is 221. The number of hydrogen-bond donors (Lipinski definition) is 1. The van der Waals surface area contributed by atoms with Crippen LogP contribution in [0.25, 0.3) is 0 Å². The van der Waals surface area contributed by atoms with Crippen molar-refractivity contribution in [3.05, 3.63) is 0 Å². The summed E-state index contributed by atoms with van der Waals surface area (Å²) < 4.78 is 0. The molecule has 2 rings (SSSR count). The smallest absolute Gasteiger partial charge is 0.0246 e. The van der Waals surface area contributed by atoms with Crippen LogP contribution in [-0.2, 0) is 0 Å². The summed E-state index contributed by atoms with van der Waals surface area (Å²) in [7, 11) is 0. The molecule has 1 saturated carbocycles. The average Bonchev–Trinajstić information content (AvgIpc) is 2.33. The Balaban J connectivity index is 1.89. The second kappa shape index (κ2) is 5.71. The van der Waals surface area contributed by atoms with Crippen molar-refractivity contribution in [2.24, 2.45) is 17.1 Å². The molecule has 1 heterocycles. The van der Waals surface area contributed by atoms with Crippen molar-refractivity contribution in [3.8, 4) is 0 Å². The zero-order chi connectivity index (χ0) is 12.3. The molecular formula is C15H30N2. The van der Waals surface area contributed by atoms with Gasteiger partial charge in [-0.1, -0.05) is 33.1 Å². The topological polar surface area (TPSA) is 29.3 Å². The summed E-state index contributed by atoms with van der Waals surface area (Å²) in [6.07, 6.45) is 9.83. The van der Waals surface area contributed by atoms with Gasteiger partial charge in [-0.2, -0.15) is 0 Å². The summed E-state index contributed by atoms with van der Waals surface area (Å²) in [5, 5.41) is 0. The maximum absolute atomic E-state index is 6.06. The van der Waals surface area contributed by atoms with Gasteiger partial charge < -0.3 is 5.73 Å². The molecule has 0 amide bonds. The number of nitrogens with zero attached hydrogens (tertiary/aromatic N) is 1. The molecule has 2 nitrogen and oxygen atoms in total. The SMILES string of the molecule is CC1(C)CCN(C(CN)C2CCCCC2)CC1. The summed E-state index contributed by atoms with van der Waals surface area (Å²) in [6, 6.07) is 0.673. The van der Waals surface area contributed by atoms with E-state index in [9.17, 15) is 0 Å². The first-order valence-corrected chi connectivity index (χ1v) is 7.56. The molecule has 1 saturated heterocycles. The van der Waals surface area contributed by atoms with Gasteiger partial charge in [0, 0.05) is 12.6 Å². The van der Waals surface area contributed by atoms with Gasteiger partial charge in [0.15, 0.2) is 0 Å². The second-order valence-corrected chi connectivity index (χ2v) is 6.90. The van der Waals surface area contributed by atoms with Crippen LogP contribution in [0.5, 0.6) is 0 Å². The Labute approximate surface area is 107 Å². The van der Waals surface area contributed by atoms with Crippen LogP contribution in [0.3, 0.4) is 0 Å². The van der Waals surface area contributed by atoms with Gasteiger partial charge in [0.25, 0.3) is 0 Å². The fourth-order valence-corrected chi connectivity index (χ4v) is 3.62. The van der Waals surface area contributed by atoms with Crippen LogP contribution in [0.2, 0.25) is 0 Å². The maximum Gasteiger partial charge on any atom is 0.0246 e. The van der Waals surface area contributed by atoms with Gasteiger partial charge in [-0.25, -0.2) is 0 Å². The van der Waals surface area contributed by atoms with Crippen molar-refractivity contribution in [3.63, 3.8) is 0 Å². The standard InChI is InChI=1S/C15H30N2/c1-15(2)8-10-17(11-9-15)14(12-16)13-6-4-3-5-7-13/h13-14H,3-12,16H2,1-2H3. The zero-order valence-corrected chi connectivity index (χ0v) is 11.8. The Morgan fingerprint density at radius 1 is 1.12 bits per heavy atom. The lowest BCUT2D eigenvalue weighted by Crippen LogP contribution is -2.50. The van der Waals surface area contributed by atoms with Crippen LogP contribution in [0.4, 0.5) is 0 Å². The number of rotatable bonds is 3. The van der Waals surface area contributed by atoms with E-state index >= 15 is 0 Å². The summed E-state index contributed by atoms with van der Waals surface area (Å²) in [6.45, 7) is 8.21. The van der Waals surface area contributed by atoms with Gasteiger partial charge >= 0.3 is 0 Å². The van der Waals surface area contributed by atoms with E-state index in [1.54, 1.807) is 0 Å². The molecule has 2 N–H and O–H groups in total. The zero-order valence-electron chi connectivity index (χ0n) is 11.8. The predicted molar refractivity (Wildman–Crippen MR) is 74.0 cm³/mol. The van der Waals surface area contributed by atoms with Crippen molar-refractivity contribution < 1.29 is 0 Å². The highest BCUT2D eigenvalue weighted by Crippen LogP contribution is 2.34. The molecule has 100 valence electrons. The molecule has 2 heteroatoms. The molecule has 1 aliphatic carbocycles.